The summed E-state index contributed by atoms with van der Waals surface area (Å²) in [6.45, 7) is 5.74. The van der Waals surface area contributed by atoms with E-state index in [0.717, 1.165) is 30.7 Å². The number of benzene rings is 5. The molecule has 5 heteroatoms. The lowest BCUT2D eigenvalue weighted by Crippen LogP contribution is -2.30. The van der Waals surface area contributed by atoms with Crippen molar-refractivity contribution < 1.29 is 19.0 Å². The number of aryl methyl sites for hydroxylation is 2. The van der Waals surface area contributed by atoms with Crippen LogP contribution < -0.4 is 4.74 Å². The fourth-order valence-electron chi connectivity index (χ4n) is 6.99. The number of fused-ring (bicyclic) bond motifs is 2. The van der Waals surface area contributed by atoms with Gasteiger partial charge in [0.2, 0.25) is 0 Å². The van der Waals surface area contributed by atoms with Crippen molar-refractivity contribution in [3.63, 3.8) is 0 Å². The first-order chi connectivity index (χ1) is 23.9. The second kappa shape index (κ2) is 16.1. The standard InChI is InChI=1S/C44H47NO4/c1-5-48-44(46)42(47-4)28-32-16-22-39(23-17-32)49-27-26-45(3)43-40-24-20-35(31(2)33-12-8-6-9-13-33)29-37(40)18-19-38-30-36(21-25-41(38)43)34-14-10-7-11-15-34/h6-17,20-25,29-31,42-43H,5,18-19,26-28H2,1-4H3. The number of carbonyl (C=O) groups excluding carboxylic acids is 1. The molecular formula is C44H47NO4. The van der Waals surface area contributed by atoms with Crippen LogP contribution in [-0.2, 0) is 33.5 Å². The van der Waals surface area contributed by atoms with E-state index in [0.29, 0.717) is 25.6 Å². The highest BCUT2D eigenvalue weighted by molar-refractivity contribution is 5.75. The molecule has 6 rings (SSSR count). The Morgan fingerprint density at radius 1 is 0.776 bits per heavy atom. The molecule has 252 valence electrons. The minimum atomic E-state index is -0.618. The van der Waals surface area contributed by atoms with E-state index < -0.39 is 6.10 Å². The van der Waals surface area contributed by atoms with Crippen molar-refractivity contribution in [2.45, 2.75) is 51.2 Å². The molecule has 3 atom stereocenters. The molecule has 1 aliphatic rings. The summed E-state index contributed by atoms with van der Waals surface area (Å²) in [5, 5.41) is 0. The number of hydrogen-bond acceptors (Lipinski definition) is 5. The molecule has 0 spiro atoms. The molecule has 49 heavy (non-hydrogen) atoms. The second-order valence-corrected chi connectivity index (χ2v) is 12.9. The highest BCUT2D eigenvalue weighted by Gasteiger charge is 2.28. The van der Waals surface area contributed by atoms with Gasteiger partial charge < -0.3 is 14.2 Å². The number of ether oxygens (including phenoxy) is 3. The number of esters is 1. The predicted octanol–water partition coefficient (Wildman–Crippen LogP) is 8.82. The van der Waals surface area contributed by atoms with Crippen molar-refractivity contribution in [3.8, 4) is 16.9 Å². The van der Waals surface area contributed by atoms with Gasteiger partial charge in [-0.25, -0.2) is 4.79 Å². The van der Waals surface area contributed by atoms with E-state index in [4.69, 9.17) is 14.2 Å². The smallest absolute Gasteiger partial charge is 0.335 e. The fraction of sp³-hybridized carbons (Fsp3) is 0.295. The molecule has 3 unspecified atom stereocenters. The Hall–Kier alpha value is -4.71. The van der Waals surface area contributed by atoms with E-state index in [1.165, 1.54) is 51.6 Å². The Labute approximate surface area is 291 Å². The third-order valence-electron chi connectivity index (χ3n) is 9.80. The van der Waals surface area contributed by atoms with Crippen molar-refractivity contribution in [2.75, 3.05) is 33.9 Å². The molecule has 0 radical (unpaired) electrons. The first kappa shape index (κ1) is 34.2. The molecule has 0 heterocycles. The van der Waals surface area contributed by atoms with Gasteiger partial charge in [0.25, 0.3) is 0 Å². The average Bonchev–Trinajstić information content (AvgIpc) is 3.31. The molecule has 5 nitrogen and oxygen atoms in total. The van der Waals surface area contributed by atoms with Gasteiger partial charge in [0.1, 0.15) is 12.4 Å². The molecule has 0 saturated heterocycles. The zero-order chi connectivity index (χ0) is 34.2. The maximum absolute atomic E-state index is 12.2. The number of methoxy groups -OCH3 is 1. The van der Waals surface area contributed by atoms with Crippen molar-refractivity contribution in [1.82, 2.24) is 4.90 Å². The molecule has 5 aromatic rings. The average molecular weight is 654 g/mol. The largest absolute Gasteiger partial charge is 0.492 e. The van der Waals surface area contributed by atoms with Crippen LogP contribution in [0.2, 0.25) is 0 Å². The van der Waals surface area contributed by atoms with Gasteiger partial charge in [0.05, 0.1) is 12.6 Å². The molecule has 0 amide bonds. The Kier molecular flexibility index (Phi) is 11.2. The monoisotopic (exact) mass is 653 g/mol. The van der Waals surface area contributed by atoms with Crippen LogP contribution in [0.1, 0.15) is 64.8 Å². The van der Waals surface area contributed by atoms with E-state index in [2.05, 4.69) is 116 Å². The van der Waals surface area contributed by atoms with Crippen LogP contribution in [0.3, 0.4) is 0 Å². The number of rotatable bonds is 13. The zero-order valence-corrected chi connectivity index (χ0v) is 29.1. The van der Waals surface area contributed by atoms with E-state index in [-0.39, 0.29) is 12.0 Å². The van der Waals surface area contributed by atoms with Gasteiger partial charge in [-0.3, -0.25) is 4.90 Å². The molecule has 0 fully saturated rings. The van der Waals surface area contributed by atoms with E-state index in [1.54, 1.807) is 6.92 Å². The Morgan fingerprint density at radius 2 is 1.43 bits per heavy atom. The molecular weight excluding hydrogens is 606 g/mol. The molecule has 5 aromatic carbocycles. The molecule has 0 bridgehead atoms. The summed E-state index contributed by atoms with van der Waals surface area (Å²) in [5.74, 6) is 0.785. The van der Waals surface area contributed by atoms with E-state index in [1.807, 2.05) is 24.3 Å². The van der Waals surface area contributed by atoms with Gasteiger partial charge in [-0.15, -0.1) is 0 Å². The quantitative estimate of drug-likeness (QED) is 0.119. The van der Waals surface area contributed by atoms with Crippen LogP contribution in [0.5, 0.6) is 5.75 Å². The number of likely N-dealkylation sites (N-methyl/N-ethyl adjacent to an activating group) is 1. The highest BCUT2D eigenvalue weighted by atomic mass is 16.6. The summed E-state index contributed by atoms with van der Waals surface area (Å²) in [5.41, 5.74) is 11.7. The first-order valence-electron chi connectivity index (χ1n) is 17.4. The van der Waals surface area contributed by atoms with E-state index >= 15 is 0 Å². The Morgan fingerprint density at radius 3 is 2.10 bits per heavy atom. The number of hydrogen-bond donors (Lipinski definition) is 0. The maximum atomic E-state index is 12.2. The van der Waals surface area contributed by atoms with Crippen LogP contribution >= 0.6 is 0 Å². The van der Waals surface area contributed by atoms with Crippen LogP contribution in [0.15, 0.2) is 121 Å². The number of nitrogens with zero attached hydrogens (tertiary/aromatic N) is 1. The Balaban J connectivity index is 1.22. The van der Waals surface area contributed by atoms with E-state index in [9.17, 15) is 4.79 Å². The van der Waals surface area contributed by atoms with Gasteiger partial charge >= 0.3 is 5.97 Å². The lowest BCUT2D eigenvalue weighted by Gasteiger charge is -2.31. The van der Waals surface area contributed by atoms with Crippen LogP contribution in [0, 0.1) is 0 Å². The summed E-state index contributed by atoms with van der Waals surface area (Å²) in [7, 11) is 3.74. The lowest BCUT2D eigenvalue weighted by atomic mass is 9.87. The third-order valence-corrected chi connectivity index (χ3v) is 9.80. The summed E-state index contributed by atoms with van der Waals surface area (Å²) in [4.78, 5) is 14.6. The number of carbonyl (C=O) groups is 1. The minimum absolute atomic E-state index is 0.109. The fourth-order valence-corrected chi connectivity index (χ4v) is 6.99. The van der Waals surface area contributed by atoms with Crippen molar-refractivity contribution in [2.24, 2.45) is 0 Å². The van der Waals surface area contributed by atoms with Crippen molar-refractivity contribution in [1.29, 1.82) is 0 Å². The summed E-state index contributed by atoms with van der Waals surface area (Å²) in [6, 6.07) is 43.6. The van der Waals surface area contributed by atoms with Gasteiger partial charge in [-0.05, 0) is 89.0 Å². The minimum Gasteiger partial charge on any atom is -0.492 e. The normalized spacial score (nSPS) is 15.1. The molecule has 0 saturated carbocycles. The maximum Gasteiger partial charge on any atom is 0.335 e. The lowest BCUT2D eigenvalue weighted by molar-refractivity contribution is -0.154. The van der Waals surface area contributed by atoms with Crippen molar-refractivity contribution >= 4 is 5.97 Å². The summed E-state index contributed by atoms with van der Waals surface area (Å²) in [6.07, 6.45) is 1.84. The van der Waals surface area contributed by atoms with Gasteiger partial charge in [0, 0.05) is 26.0 Å². The van der Waals surface area contributed by atoms with Crippen LogP contribution in [0.25, 0.3) is 11.1 Å². The molecule has 0 N–H and O–H groups in total. The van der Waals surface area contributed by atoms with Gasteiger partial charge in [0.15, 0.2) is 6.10 Å². The molecule has 0 aliphatic heterocycles. The molecule has 1 aliphatic carbocycles. The molecule has 0 aromatic heterocycles. The Bertz CT molecular complexity index is 1820. The SMILES string of the molecule is CCOC(=O)C(Cc1ccc(OCCN(C)C2c3ccc(-c4ccccc4)cc3CCc3cc(C(C)c4ccccc4)ccc32)cc1)OC. The topological polar surface area (TPSA) is 48.0 Å². The van der Waals surface area contributed by atoms with Gasteiger partial charge in [-0.1, -0.05) is 116 Å². The van der Waals surface area contributed by atoms with Crippen molar-refractivity contribution in [3.05, 3.63) is 160 Å². The zero-order valence-electron chi connectivity index (χ0n) is 29.1. The summed E-state index contributed by atoms with van der Waals surface area (Å²) < 4.78 is 16.8. The highest BCUT2D eigenvalue weighted by Crippen LogP contribution is 2.39. The predicted molar refractivity (Wildman–Crippen MR) is 197 cm³/mol. The van der Waals surface area contributed by atoms with Crippen LogP contribution in [0.4, 0.5) is 0 Å². The first-order valence-corrected chi connectivity index (χ1v) is 17.4. The van der Waals surface area contributed by atoms with Gasteiger partial charge in [-0.2, -0.15) is 0 Å². The van der Waals surface area contributed by atoms with Crippen LogP contribution in [-0.4, -0.2) is 50.9 Å². The second-order valence-electron chi connectivity index (χ2n) is 12.9. The third kappa shape index (κ3) is 8.13. The summed E-state index contributed by atoms with van der Waals surface area (Å²) >= 11 is 0.